The number of aliphatic hydroxyl groups excluding tert-OH is 1. The molecule has 0 aliphatic rings. The van der Waals surface area contributed by atoms with E-state index in [1.807, 2.05) is 0 Å². The first-order chi connectivity index (χ1) is 9.74. The summed E-state index contributed by atoms with van der Waals surface area (Å²) >= 11 is 16.3. The Bertz CT molecular complexity index is 790. The predicted octanol–water partition coefficient (Wildman–Crippen LogP) is 4.42. The lowest BCUT2D eigenvalue weighted by molar-refractivity contribution is 0.285. The van der Waals surface area contributed by atoms with Crippen molar-refractivity contribution < 1.29 is 13.5 Å². The summed E-state index contributed by atoms with van der Waals surface area (Å²) in [4.78, 5) is 0.583. The zero-order valence-corrected chi connectivity index (χ0v) is 15.4. The normalized spacial score (nSPS) is 11.7. The molecular formula is C12H10BrCl2NO3S2. The minimum Gasteiger partial charge on any atom is -0.391 e. The molecular weight excluding hydrogens is 421 g/mol. The summed E-state index contributed by atoms with van der Waals surface area (Å²) in [5.41, 5.74) is 0.958. The molecule has 1 aromatic heterocycles. The Morgan fingerprint density at radius 2 is 1.95 bits per heavy atom. The highest BCUT2D eigenvalue weighted by Crippen LogP contribution is 2.35. The quantitative estimate of drug-likeness (QED) is 0.754. The van der Waals surface area contributed by atoms with E-state index in [1.165, 1.54) is 12.1 Å². The Balaban J connectivity index is 2.42. The summed E-state index contributed by atoms with van der Waals surface area (Å²) < 4.78 is 27.6. The Morgan fingerprint density at radius 3 is 2.52 bits per heavy atom. The van der Waals surface area contributed by atoms with Gasteiger partial charge in [-0.05, 0) is 46.6 Å². The van der Waals surface area contributed by atoms with Gasteiger partial charge in [0, 0.05) is 9.90 Å². The third-order valence-electron chi connectivity index (χ3n) is 2.64. The van der Waals surface area contributed by atoms with Gasteiger partial charge >= 0.3 is 0 Å². The smallest absolute Gasteiger partial charge is 0.263 e. The molecule has 0 unspecified atom stereocenters. The van der Waals surface area contributed by atoms with Crippen molar-refractivity contribution in [2.24, 2.45) is 0 Å². The van der Waals surface area contributed by atoms with Crippen molar-refractivity contribution in [2.75, 3.05) is 4.72 Å². The fourth-order valence-electron chi connectivity index (χ4n) is 1.58. The number of hydrogen-bond donors (Lipinski definition) is 2. The standard InChI is InChI=1S/C12H10BrCl2NO3S2/c1-6-2-9(15)10(4-8(6)14)16-21(18,19)11-3-7(5-17)20-12(11)13/h2-4,16-17H,5H2,1H3. The van der Waals surface area contributed by atoms with E-state index < -0.39 is 10.0 Å². The van der Waals surface area contributed by atoms with Crippen molar-refractivity contribution in [3.63, 3.8) is 0 Å². The number of nitrogens with one attached hydrogen (secondary N) is 1. The zero-order chi connectivity index (χ0) is 15.8. The van der Waals surface area contributed by atoms with Crippen molar-refractivity contribution in [2.45, 2.75) is 18.4 Å². The molecule has 2 rings (SSSR count). The average molecular weight is 431 g/mol. The van der Waals surface area contributed by atoms with Gasteiger partial charge in [-0.2, -0.15) is 0 Å². The molecule has 0 aliphatic carbocycles. The third-order valence-corrected chi connectivity index (χ3v) is 6.97. The van der Waals surface area contributed by atoms with Crippen LogP contribution in [0.1, 0.15) is 10.4 Å². The summed E-state index contributed by atoms with van der Waals surface area (Å²) in [6.07, 6.45) is 0. The van der Waals surface area contributed by atoms with Gasteiger partial charge in [0.25, 0.3) is 10.0 Å². The van der Waals surface area contributed by atoms with Crippen LogP contribution in [-0.2, 0) is 16.6 Å². The van der Waals surface area contributed by atoms with Crippen LogP contribution in [0.4, 0.5) is 5.69 Å². The molecule has 1 heterocycles. The van der Waals surface area contributed by atoms with Crippen LogP contribution in [0.15, 0.2) is 26.9 Å². The maximum Gasteiger partial charge on any atom is 0.263 e. The average Bonchev–Trinajstić information content (AvgIpc) is 2.78. The topological polar surface area (TPSA) is 66.4 Å². The molecule has 114 valence electrons. The van der Waals surface area contributed by atoms with Gasteiger partial charge in [0.2, 0.25) is 0 Å². The van der Waals surface area contributed by atoms with Gasteiger partial charge in [-0.25, -0.2) is 8.42 Å². The Hall–Kier alpha value is -0.310. The van der Waals surface area contributed by atoms with Crippen LogP contribution in [-0.4, -0.2) is 13.5 Å². The largest absolute Gasteiger partial charge is 0.391 e. The van der Waals surface area contributed by atoms with Gasteiger partial charge in [-0.15, -0.1) is 11.3 Å². The fourth-order valence-corrected chi connectivity index (χ4v) is 5.68. The number of rotatable bonds is 4. The van der Waals surface area contributed by atoms with E-state index in [1.54, 1.807) is 13.0 Å². The van der Waals surface area contributed by atoms with Crippen LogP contribution >= 0.6 is 50.5 Å². The van der Waals surface area contributed by atoms with Crippen LogP contribution in [0.2, 0.25) is 10.0 Å². The molecule has 4 nitrogen and oxygen atoms in total. The second kappa shape index (κ2) is 6.44. The van der Waals surface area contributed by atoms with Crippen LogP contribution in [0.3, 0.4) is 0 Å². The third kappa shape index (κ3) is 3.72. The van der Waals surface area contributed by atoms with Gasteiger partial charge in [0.15, 0.2) is 0 Å². The predicted molar refractivity (Wildman–Crippen MR) is 89.9 cm³/mol. The van der Waals surface area contributed by atoms with Gasteiger partial charge in [-0.3, -0.25) is 4.72 Å². The van der Waals surface area contributed by atoms with E-state index in [9.17, 15) is 8.42 Å². The number of sulfonamides is 1. The second-order valence-corrected chi connectivity index (χ2v) is 9.12. The molecule has 1 aromatic carbocycles. The minimum absolute atomic E-state index is 0.0457. The molecule has 0 atom stereocenters. The molecule has 0 aliphatic heterocycles. The lowest BCUT2D eigenvalue weighted by Gasteiger charge is -2.10. The Morgan fingerprint density at radius 1 is 1.29 bits per heavy atom. The van der Waals surface area contributed by atoms with Gasteiger partial charge < -0.3 is 5.11 Å². The summed E-state index contributed by atoms with van der Waals surface area (Å²) in [7, 11) is -3.83. The molecule has 9 heteroatoms. The Kier molecular flexibility index (Phi) is 5.23. The van der Waals surface area contributed by atoms with Gasteiger partial charge in [-0.1, -0.05) is 23.2 Å². The highest BCUT2D eigenvalue weighted by Gasteiger charge is 2.22. The van der Waals surface area contributed by atoms with Crippen LogP contribution in [0, 0.1) is 6.92 Å². The molecule has 0 amide bonds. The summed E-state index contributed by atoms with van der Waals surface area (Å²) in [5.74, 6) is 0. The molecule has 0 saturated heterocycles. The number of aryl methyl sites for hydroxylation is 1. The highest BCUT2D eigenvalue weighted by atomic mass is 79.9. The van der Waals surface area contributed by atoms with Gasteiger partial charge in [0.05, 0.1) is 21.1 Å². The second-order valence-electron chi connectivity index (χ2n) is 4.20. The number of benzene rings is 1. The number of aliphatic hydroxyl groups is 1. The van der Waals surface area contributed by atoms with E-state index in [-0.39, 0.29) is 22.2 Å². The highest BCUT2D eigenvalue weighted by molar-refractivity contribution is 9.11. The van der Waals surface area contributed by atoms with Crippen molar-refractivity contribution in [3.05, 3.63) is 42.5 Å². The van der Waals surface area contributed by atoms with Crippen molar-refractivity contribution in [1.29, 1.82) is 0 Å². The summed E-state index contributed by atoms with van der Waals surface area (Å²) in [6.45, 7) is 1.55. The van der Waals surface area contributed by atoms with Crippen LogP contribution in [0.5, 0.6) is 0 Å². The van der Waals surface area contributed by atoms with E-state index in [0.29, 0.717) is 13.7 Å². The summed E-state index contributed by atoms with van der Waals surface area (Å²) in [5, 5.41) is 9.75. The van der Waals surface area contributed by atoms with E-state index >= 15 is 0 Å². The number of hydrogen-bond acceptors (Lipinski definition) is 4. The lowest BCUT2D eigenvalue weighted by atomic mass is 10.2. The van der Waals surface area contributed by atoms with Gasteiger partial charge in [0.1, 0.15) is 4.90 Å². The lowest BCUT2D eigenvalue weighted by Crippen LogP contribution is -2.13. The molecule has 21 heavy (non-hydrogen) atoms. The first kappa shape index (κ1) is 17.1. The fraction of sp³-hybridized carbons (Fsp3) is 0.167. The number of halogens is 3. The molecule has 0 bridgehead atoms. The molecule has 0 fully saturated rings. The van der Waals surface area contributed by atoms with E-state index in [4.69, 9.17) is 28.3 Å². The van der Waals surface area contributed by atoms with Crippen molar-refractivity contribution in [3.8, 4) is 0 Å². The minimum atomic E-state index is -3.83. The maximum absolute atomic E-state index is 12.4. The van der Waals surface area contributed by atoms with E-state index in [0.717, 1.165) is 16.9 Å². The molecule has 2 N–H and O–H groups in total. The maximum atomic E-state index is 12.4. The molecule has 2 aromatic rings. The van der Waals surface area contributed by atoms with Crippen molar-refractivity contribution in [1.82, 2.24) is 0 Å². The molecule has 0 spiro atoms. The molecule has 0 saturated carbocycles. The first-order valence-electron chi connectivity index (χ1n) is 5.62. The molecule has 0 radical (unpaired) electrons. The first-order valence-corrected chi connectivity index (χ1v) is 9.47. The number of anilines is 1. The van der Waals surface area contributed by atoms with Crippen LogP contribution in [0.25, 0.3) is 0 Å². The number of thiophene rings is 1. The Labute approximate surface area is 144 Å². The van der Waals surface area contributed by atoms with Crippen LogP contribution < -0.4 is 4.72 Å². The SMILES string of the molecule is Cc1cc(Cl)c(NS(=O)(=O)c2cc(CO)sc2Br)cc1Cl. The zero-order valence-electron chi connectivity index (χ0n) is 10.7. The van der Waals surface area contributed by atoms with Crippen molar-refractivity contribution >= 4 is 66.2 Å². The monoisotopic (exact) mass is 429 g/mol. The van der Waals surface area contributed by atoms with E-state index in [2.05, 4.69) is 20.7 Å². The summed E-state index contributed by atoms with van der Waals surface area (Å²) in [6, 6.07) is 4.45.